The maximum Gasteiger partial charge on any atom is 0.321 e. The van der Waals surface area contributed by atoms with E-state index >= 15 is 0 Å². The summed E-state index contributed by atoms with van der Waals surface area (Å²) in [5, 5.41) is 8.00. The molecule has 0 bridgehead atoms. The molecule has 19 heavy (non-hydrogen) atoms. The van der Waals surface area contributed by atoms with Crippen LogP contribution >= 0.6 is 0 Å². The molecule has 1 aliphatic rings. The zero-order valence-electron chi connectivity index (χ0n) is 12.3. The van der Waals surface area contributed by atoms with Gasteiger partial charge in [0.2, 0.25) is 5.91 Å². The Labute approximate surface area is 115 Å². The van der Waals surface area contributed by atoms with Gasteiger partial charge in [-0.3, -0.25) is 15.0 Å². The van der Waals surface area contributed by atoms with E-state index in [1.165, 1.54) is 13.5 Å². The molecule has 1 aliphatic heterocycles. The first-order chi connectivity index (χ1) is 8.99. The van der Waals surface area contributed by atoms with E-state index in [0.29, 0.717) is 12.0 Å². The highest BCUT2D eigenvalue weighted by molar-refractivity contribution is 5.96. The Balaban J connectivity index is 2.54. The monoisotopic (exact) mass is 270 g/mol. The maximum atomic E-state index is 11.9. The average molecular weight is 270 g/mol. The van der Waals surface area contributed by atoms with Crippen molar-refractivity contribution in [3.8, 4) is 0 Å². The van der Waals surface area contributed by atoms with Gasteiger partial charge in [-0.1, -0.05) is 0 Å². The summed E-state index contributed by atoms with van der Waals surface area (Å²) >= 11 is 0. The molecule has 6 heteroatoms. The van der Waals surface area contributed by atoms with Gasteiger partial charge in [0.25, 0.3) is 0 Å². The summed E-state index contributed by atoms with van der Waals surface area (Å²) in [6.45, 7) is 5.83. The van der Waals surface area contributed by atoms with E-state index in [2.05, 4.69) is 27.8 Å². The first-order valence-electron chi connectivity index (χ1n) is 6.93. The molecule has 0 radical (unpaired) electrons. The average Bonchev–Trinajstić information content (AvgIpc) is 2.45. The van der Waals surface area contributed by atoms with E-state index in [0.717, 1.165) is 19.5 Å². The lowest BCUT2D eigenvalue weighted by molar-refractivity contribution is -0.125. The largest absolute Gasteiger partial charge is 0.341 e. The number of imide groups is 1. The molecule has 0 aromatic heterocycles. The second kappa shape index (κ2) is 7.45. The minimum absolute atomic E-state index is 0.239. The van der Waals surface area contributed by atoms with Crippen LogP contribution in [-0.4, -0.2) is 56.1 Å². The number of carbonyl (C=O) groups is 2. The first-order valence-corrected chi connectivity index (χ1v) is 6.93. The fraction of sp³-hybridized carbons (Fsp3) is 0.846. The minimum Gasteiger partial charge on any atom is -0.341 e. The normalized spacial score (nSPS) is 23.5. The van der Waals surface area contributed by atoms with E-state index in [1.807, 2.05) is 14.0 Å². The summed E-state index contributed by atoms with van der Waals surface area (Å²) < 4.78 is 0. The number of likely N-dealkylation sites (tertiary alicyclic amines) is 1. The fourth-order valence-corrected chi connectivity index (χ4v) is 2.48. The second-order valence-corrected chi connectivity index (χ2v) is 5.22. The number of amides is 3. The molecule has 1 heterocycles. The molecule has 0 spiro atoms. The Hall–Kier alpha value is -1.14. The standard InChI is InChI=1S/C13H26N4O2/c1-9(14-3)11-6-5-7-17(8-11)10(2)12(18)16-13(19)15-4/h9-11,14H,5-8H2,1-4H3,(H2,15,16,18,19). The smallest absolute Gasteiger partial charge is 0.321 e. The molecule has 0 aliphatic carbocycles. The van der Waals surface area contributed by atoms with Crippen molar-refractivity contribution >= 4 is 11.9 Å². The lowest BCUT2D eigenvalue weighted by atomic mass is 9.91. The summed E-state index contributed by atoms with van der Waals surface area (Å²) in [5.74, 6) is 0.311. The van der Waals surface area contributed by atoms with Crippen molar-refractivity contribution in [2.24, 2.45) is 5.92 Å². The van der Waals surface area contributed by atoms with Gasteiger partial charge in [-0.15, -0.1) is 0 Å². The molecule has 0 aromatic carbocycles. The van der Waals surface area contributed by atoms with Gasteiger partial charge in [-0.05, 0) is 46.2 Å². The molecule has 0 saturated carbocycles. The highest BCUT2D eigenvalue weighted by Crippen LogP contribution is 2.21. The molecule has 3 amide bonds. The number of carbonyl (C=O) groups excluding carboxylic acids is 2. The van der Waals surface area contributed by atoms with Gasteiger partial charge in [0.1, 0.15) is 0 Å². The third kappa shape index (κ3) is 4.47. The van der Waals surface area contributed by atoms with E-state index < -0.39 is 6.03 Å². The SMILES string of the molecule is CNC(=O)NC(=O)C(C)N1CCCC(C(C)NC)C1. The molecule has 1 saturated heterocycles. The van der Waals surface area contributed by atoms with Crippen LogP contribution in [0.4, 0.5) is 4.79 Å². The highest BCUT2D eigenvalue weighted by atomic mass is 16.2. The van der Waals surface area contributed by atoms with Gasteiger partial charge in [0.05, 0.1) is 6.04 Å². The molecule has 1 rings (SSSR count). The van der Waals surface area contributed by atoms with Crippen molar-refractivity contribution in [2.75, 3.05) is 27.2 Å². The molecule has 1 fully saturated rings. The number of hydrogen-bond donors (Lipinski definition) is 3. The van der Waals surface area contributed by atoms with Crippen LogP contribution in [0, 0.1) is 5.92 Å². The summed E-state index contributed by atoms with van der Waals surface area (Å²) in [6.07, 6.45) is 2.27. The van der Waals surface area contributed by atoms with Gasteiger partial charge in [-0.25, -0.2) is 4.79 Å². The van der Waals surface area contributed by atoms with Crippen molar-refractivity contribution in [2.45, 2.75) is 38.8 Å². The Morgan fingerprint density at radius 2 is 1.95 bits per heavy atom. The number of nitrogens with zero attached hydrogens (tertiary/aromatic N) is 1. The van der Waals surface area contributed by atoms with Gasteiger partial charge in [-0.2, -0.15) is 0 Å². The topological polar surface area (TPSA) is 73.5 Å². The van der Waals surface area contributed by atoms with E-state index in [1.54, 1.807) is 0 Å². The number of piperidine rings is 1. The molecule has 3 N–H and O–H groups in total. The van der Waals surface area contributed by atoms with E-state index in [-0.39, 0.29) is 11.9 Å². The zero-order chi connectivity index (χ0) is 14.4. The van der Waals surface area contributed by atoms with Crippen LogP contribution < -0.4 is 16.0 Å². The quantitative estimate of drug-likeness (QED) is 0.680. The summed E-state index contributed by atoms with van der Waals surface area (Å²) in [6, 6.07) is -0.282. The molecule has 3 unspecified atom stereocenters. The molecular formula is C13H26N4O2. The number of rotatable bonds is 4. The Bertz CT molecular complexity index is 322. The summed E-state index contributed by atoms with van der Waals surface area (Å²) in [5.41, 5.74) is 0. The lowest BCUT2D eigenvalue weighted by Gasteiger charge is -2.38. The molecule has 0 aromatic rings. The van der Waals surface area contributed by atoms with Crippen LogP contribution in [0.5, 0.6) is 0 Å². The van der Waals surface area contributed by atoms with Crippen LogP contribution in [-0.2, 0) is 4.79 Å². The van der Waals surface area contributed by atoms with Gasteiger partial charge in [0, 0.05) is 19.6 Å². The van der Waals surface area contributed by atoms with E-state index in [4.69, 9.17) is 0 Å². The van der Waals surface area contributed by atoms with Crippen LogP contribution in [0.2, 0.25) is 0 Å². The Morgan fingerprint density at radius 1 is 1.26 bits per heavy atom. The summed E-state index contributed by atoms with van der Waals surface area (Å²) in [7, 11) is 3.46. The van der Waals surface area contributed by atoms with Gasteiger partial charge < -0.3 is 10.6 Å². The predicted molar refractivity (Wildman–Crippen MR) is 74.9 cm³/mol. The first kappa shape index (κ1) is 15.9. The van der Waals surface area contributed by atoms with Crippen molar-refractivity contribution in [3.63, 3.8) is 0 Å². The molecule has 6 nitrogen and oxygen atoms in total. The third-order valence-corrected chi connectivity index (χ3v) is 4.04. The predicted octanol–water partition coefficient (Wildman–Crippen LogP) is 0.150. The molecule has 3 atom stereocenters. The minimum atomic E-state index is -0.450. The fourth-order valence-electron chi connectivity index (χ4n) is 2.48. The van der Waals surface area contributed by atoms with Crippen molar-refractivity contribution in [1.82, 2.24) is 20.9 Å². The Kier molecular flexibility index (Phi) is 6.24. The van der Waals surface area contributed by atoms with Gasteiger partial charge in [0.15, 0.2) is 0 Å². The van der Waals surface area contributed by atoms with Crippen LogP contribution in [0.25, 0.3) is 0 Å². The number of hydrogen-bond acceptors (Lipinski definition) is 4. The Morgan fingerprint density at radius 3 is 2.53 bits per heavy atom. The number of nitrogens with one attached hydrogen (secondary N) is 3. The zero-order valence-corrected chi connectivity index (χ0v) is 12.3. The van der Waals surface area contributed by atoms with Gasteiger partial charge >= 0.3 is 6.03 Å². The number of urea groups is 1. The van der Waals surface area contributed by atoms with Crippen LogP contribution in [0.1, 0.15) is 26.7 Å². The second-order valence-electron chi connectivity index (χ2n) is 5.22. The van der Waals surface area contributed by atoms with Crippen LogP contribution in [0.3, 0.4) is 0 Å². The highest BCUT2D eigenvalue weighted by Gasteiger charge is 2.29. The van der Waals surface area contributed by atoms with Crippen molar-refractivity contribution < 1.29 is 9.59 Å². The maximum absolute atomic E-state index is 11.9. The van der Waals surface area contributed by atoms with Crippen molar-refractivity contribution in [1.29, 1.82) is 0 Å². The molecule has 110 valence electrons. The summed E-state index contributed by atoms with van der Waals surface area (Å²) in [4.78, 5) is 25.2. The van der Waals surface area contributed by atoms with Crippen molar-refractivity contribution in [3.05, 3.63) is 0 Å². The third-order valence-electron chi connectivity index (χ3n) is 4.04. The van der Waals surface area contributed by atoms with Crippen LogP contribution in [0.15, 0.2) is 0 Å². The van der Waals surface area contributed by atoms with E-state index in [9.17, 15) is 9.59 Å². The molecular weight excluding hydrogens is 244 g/mol. The lowest BCUT2D eigenvalue weighted by Crippen LogP contribution is -2.53.